The third kappa shape index (κ3) is 2.80. The highest BCUT2D eigenvalue weighted by atomic mass is 16.6. The molecule has 0 aromatic heterocycles. The summed E-state index contributed by atoms with van der Waals surface area (Å²) in [6, 6.07) is 0. The van der Waals surface area contributed by atoms with Crippen LogP contribution in [0.15, 0.2) is 0 Å². The number of ether oxygens (including phenoxy) is 3. The van der Waals surface area contributed by atoms with E-state index in [0.717, 1.165) is 0 Å². The molecule has 0 fully saturated rings. The maximum atomic E-state index is 10.7. The van der Waals surface area contributed by atoms with Crippen LogP contribution in [-0.2, 0) is 19.0 Å². The lowest BCUT2D eigenvalue weighted by molar-refractivity contribution is -0.155. The molecule has 60 valence electrons. The molecule has 4 nitrogen and oxygen atoms in total. The van der Waals surface area contributed by atoms with Crippen LogP contribution in [-0.4, -0.2) is 40.0 Å². The standard InChI is InChI=1S/C6H12O4/c1-8-4-5(9-2)6(7)10-3/h5H,4H2,1-3H3/t5-/m1/s1. The number of methoxy groups -OCH3 is 3. The molecule has 1 atom stereocenters. The number of hydrogen-bond acceptors (Lipinski definition) is 4. The lowest BCUT2D eigenvalue weighted by atomic mass is 10.4. The summed E-state index contributed by atoms with van der Waals surface area (Å²) in [7, 11) is 4.24. The maximum Gasteiger partial charge on any atom is 0.337 e. The molecule has 0 bridgehead atoms. The summed E-state index contributed by atoms with van der Waals surface area (Å²) >= 11 is 0. The first-order valence-corrected chi connectivity index (χ1v) is 2.85. The van der Waals surface area contributed by atoms with Crippen LogP contribution in [0.1, 0.15) is 0 Å². The Labute approximate surface area is 60.1 Å². The Morgan fingerprint density at radius 1 is 1.40 bits per heavy atom. The molecule has 0 saturated heterocycles. The van der Waals surface area contributed by atoms with Gasteiger partial charge in [-0.05, 0) is 0 Å². The molecule has 0 amide bonds. The van der Waals surface area contributed by atoms with Gasteiger partial charge in [0.1, 0.15) is 0 Å². The van der Waals surface area contributed by atoms with Crippen LogP contribution >= 0.6 is 0 Å². The van der Waals surface area contributed by atoms with Crippen LogP contribution in [0.25, 0.3) is 0 Å². The molecule has 0 aliphatic carbocycles. The Kier molecular flexibility index (Phi) is 4.88. The molecular weight excluding hydrogens is 136 g/mol. The Bertz CT molecular complexity index is 102. The fourth-order valence-corrected chi connectivity index (χ4v) is 0.515. The van der Waals surface area contributed by atoms with Crippen molar-refractivity contribution >= 4 is 5.97 Å². The molecule has 0 unspecified atom stereocenters. The fraction of sp³-hybridized carbons (Fsp3) is 0.833. The van der Waals surface area contributed by atoms with E-state index in [9.17, 15) is 4.79 Å². The van der Waals surface area contributed by atoms with Crippen LogP contribution in [0.5, 0.6) is 0 Å². The summed E-state index contributed by atoms with van der Waals surface area (Å²) in [4.78, 5) is 10.7. The Hall–Kier alpha value is -0.610. The average molecular weight is 148 g/mol. The average Bonchev–Trinajstić information content (AvgIpc) is 1.99. The monoisotopic (exact) mass is 148 g/mol. The summed E-state index contributed by atoms with van der Waals surface area (Å²) in [5.41, 5.74) is 0. The fourth-order valence-electron chi connectivity index (χ4n) is 0.515. The smallest absolute Gasteiger partial charge is 0.337 e. The van der Waals surface area contributed by atoms with E-state index in [0.29, 0.717) is 0 Å². The van der Waals surface area contributed by atoms with Gasteiger partial charge in [0.25, 0.3) is 0 Å². The summed E-state index contributed by atoms with van der Waals surface area (Å²) in [5, 5.41) is 0. The minimum atomic E-state index is -0.602. The Morgan fingerprint density at radius 3 is 2.30 bits per heavy atom. The van der Waals surface area contributed by atoms with Gasteiger partial charge in [-0.25, -0.2) is 4.79 Å². The van der Waals surface area contributed by atoms with Crippen molar-refractivity contribution in [1.29, 1.82) is 0 Å². The van der Waals surface area contributed by atoms with Gasteiger partial charge in [0, 0.05) is 14.2 Å². The summed E-state index contributed by atoms with van der Waals surface area (Å²) in [5.74, 6) is -0.413. The van der Waals surface area contributed by atoms with Gasteiger partial charge in [0.15, 0.2) is 6.10 Å². The largest absolute Gasteiger partial charge is 0.467 e. The highest BCUT2D eigenvalue weighted by Crippen LogP contribution is 1.92. The lowest BCUT2D eigenvalue weighted by Crippen LogP contribution is -2.28. The summed E-state index contributed by atoms with van der Waals surface area (Å²) in [6.07, 6.45) is -0.602. The second-order valence-electron chi connectivity index (χ2n) is 1.70. The minimum Gasteiger partial charge on any atom is -0.467 e. The van der Waals surface area contributed by atoms with Gasteiger partial charge in [0.2, 0.25) is 0 Å². The second-order valence-corrected chi connectivity index (χ2v) is 1.70. The molecule has 0 heterocycles. The van der Waals surface area contributed by atoms with E-state index in [1.807, 2.05) is 0 Å². The highest BCUT2D eigenvalue weighted by molar-refractivity contribution is 5.74. The predicted octanol–water partition coefficient (Wildman–Crippen LogP) is -0.179. The molecule has 0 aromatic carbocycles. The van der Waals surface area contributed by atoms with Crippen LogP contribution in [0, 0.1) is 0 Å². The number of hydrogen-bond donors (Lipinski definition) is 0. The lowest BCUT2D eigenvalue weighted by Gasteiger charge is -2.10. The molecular formula is C6H12O4. The van der Waals surface area contributed by atoms with Gasteiger partial charge in [-0.3, -0.25) is 0 Å². The van der Waals surface area contributed by atoms with Crippen molar-refractivity contribution in [2.75, 3.05) is 27.9 Å². The van der Waals surface area contributed by atoms with Crippen molar-refractivity contribution in [2.24, 2.45) is 0 Å². The molecule has 0 aliphatic rings. The summed E-state index contributed by atoms with van der Waals surface area (Å²) in [6.45, 7) is 0.225. The number of rotatable bonds is 4. The molecule has 0 radical (unpaired) electrons. The van der Waals surface area contributed by atoms with Crippen molar-refractivity contribution < 1.29 is 19.0 Å². The second kappa shape index (κ2) is 5.20. The van der Waals surface area contributed by atoms with E-state index in [1.165, 1.54) is 21.3 Å². The Balaban J connectivity index is 3.68. The normalized spacial score (nSPS) is 12.7. The van der Waals surface area contributed by atoms with Crippen LogP contribution in [0.2, 0.25) is 0 Å². The predicted molar refractivity (Wildman–Crippen MR) is 34.7 cm³/mol. The summed E-state index contributed by atoms with van der Waals surface area (Å²) < 4.78 is 13.8. The molecule has 0 N–H and O–H groups in total. The highest BCUT2D eigenvalue weighted by Gasteiger charge is 2.16. The van der Waals surface area contributed by atoms with Gasteiger partial charge in [0.05, 0.1) is 13.7 Å². The zero-order valence-electron chi connectivity index (χ0n) is 6.42. The van der Waals surface area contributed by atoms with Gasteiger partial charge >= 0.3 is 5.97 Å². The third-order valence-electron chi connectivity index (χ3n) is 1.07. The molecule has 4 heteroatoms. The number of carbonyl (C=O) groups is 1. The quantitative estimate of drug-likeness (QED) is 0.519. The van der Waals surface area contributed by atoms with Crippen LogP contribution < -0.4 is 0 Å². The topological polar surface area (TPSA) is 44.8 Å². The van der Waals surface area contributed by atoms with E-state index >= 15 is 0 Å². The van der Waals surface area contributed by atoms with E-state index < -0.39 is 12.1 Å². The van der Waals surface area contributed by atoms with Gasteiger partial charge in [-0.2, -0.15) is 0 Å². The number of esters is 1. The molecule has 0 aliphatic heterocycles. The maximum absolute atomic E-state index is 10.7. The first-order valence-electron chi connectivity index (χ1n) is 2.85. The van der Waals surface area contributed by atoms with Gasteiger partial charge in [-0.15, -0.1) is 0 Å². The SMILES string of the molecule is COC[C@@H](OC)C(=O)OC. The number of carbonyl (C=O) groups excluding carboxylic acids is 1. The zero-order valence-corrected chi connectivity index (χ0v) is 6.42. The van der Waals surface area contributed by atoms with Crippen molar-refractivity contribution in [2.45, 2.75) is 6.10 Å². The molecule has 0 aromatic rings. The minimum absolute atomic E-state index is 0.225. The van der Waals surface area contributed by atoms with Crippen LogP contribution in [0.3, 0.4) is 0 Å². The zero-order chi connectivity index (χ0) is 7.98. The van der Waals surface area contributed by atoms with E-state index in [4.69, 9.17) is 9.47 Å². The van der Waals surface area contributed by atoms with Gasteiger partial charge < -0.3 is 14.2 Å². The molecule has 10 heavy (non-hydrogen) atoms. The van der Waals surface area contributed by atoms with E-state index in [-0.39, 0.29) is 6.61 Å². The Morgan fingerprint density at radius 2 is 2.00 bits per heavy atom. The molecule has 0 spiro atoms. The van der Waals surface area contributed by atoms with E-state index in [2.05, 4.69) is 4.74 Å². The molecule has 0 saturated carbocycles. The van der Waals surface area contributed by atoms with Gasteiger partial charge in [-0.1, -0.05) is 0 Å². The van der Waals surface area contributed by atoms with Crippen LogP contribution in [0.4, 0.5) is 0 Å². The third-order valence-corrected chi connectivity index (χ3v) is 1.07. The van der Waals surface area contributed by atoms with Crippen molar-refractivity contribution in [3.8, 4) is 0 Å². The van der Waals surface area contributed by atoms with E-state index in [1.54, 1.807) is 0 Å². The first-order chi connectivity index (χ1) is 4.76. The van der Waals surface area contributed by atoms with Crippen molar-refractivity contribution in [3.05, 3.63) is 0 Å². The van der Waals surface area contributed by atoms with Crippen molar-refractivity contribution in [3.63, 3.8) is 0 Å². The van der Waals surface area contributed by atoms with Crippen molar-refractivity contribution in [1.82, 2.24) is 0 Å². The molecule has 0 rings (SSSR count). The first kappa shape index (κ1) is 9.39.